The Morgan fingerprint density at radius 1 is 1.65 bits per heavy atom. The summed E-state index contributed by atoms with van der Waals surface area (Å²) in [5.74, 6) is -0.700. The summed E-state index contributed by atoms with van der Waals surface area (Å²) in [6.07, 6.45) is 0. The minimum absolute atomic E-state index is 0. The molecule has 0 fully saturated rings. The maximum absolute atomic E-state index is 12.3. The normalized spacial score (nSPS) is 11.1. The quantitative estimate of drug-likeness (QED) is 0.633. The number of benzene rings is 1. The Balaban J connectivity index is 0.00000256. The maximum atomic E-state index is 12.3. The lowest BCUT2D eigenvalue weighted by molar-refractivity contribution is -0.386. The lowest BCUT2D eigenvalue weighted by Crippen LogP contribution is -2.13. The number of hydrogen-bond donors (Lipinski definition) is 2. The van der Waals surface area contributed by atoms with Gasteiger partial charge in [0.1, 0.15) is 6.67 Å². The Morgan fingerprint density at radius 2 is 2.24 bits per heavy atom. The molecule has 0 amide bonds. The molecule has 0 aliphatic heterocycles. The molecule has 1 rings (SSSR count). The average Bonchev–Trinajstić information content (AvgIpc) is 2.28. The molecule has 17 heavy (non-hydrogen) atoms. The second-order valence-electron chi connectivity index (χ2n) is 3.06. The van der Waals surface area contributed by atoms with Gasteiger partial charge in [-0.1, -0.05) is 0 Å². The highest BCUT2D eigenvalue weighted by Crippen LogP contribution is 2.34. The molecule has 0 aromatic heterocycles. The highest BCUT2D eigenvalue weighted by atomic mass is 35.5. The molecule has 3 N–H and O–H groups in total. The van der Waals surface area contributed by atoms with Crippen molar-refractivity contribution in [2.24, 2.45) is 5.73 Å². The molecule has 0 saturated heterocycles. The van der Waals surface area contributed by atoms with Gasteiger partial charge in [-0.15, -0.1) is 12.4 Å². The monoisotopic (exact) mass is 261 g/mol. The topological polar surface area (TPSA) is 113 Å². The van der Waals surface area contributed by atoms with Gasteiger partial charge < -0.3 is 10.8 Å². The number of nitro benzene ring substituents is 1. The number of nitrogens with two attached hydrogens (primary N) is 1. The Morgan fingerprint density at radius 3 is 2.65 bits per heavy atom. The number of nitrogens with zero attached hydrogens (tertiary/aromatic N) is 2. The zero-order valence-electron chi connectivity index (χ0n) is 8.46. The van der Waals surface area contributed by atoms with Crippen LogP contribution in [0.1, 0.15) is 17.2 Å². The summed E-state index contributed by atoms with van der Waals surface area (Å²) in [7, 11) is 0. The van der Waals surface area contributed by atoms with E-state index in [1.165, 1.54) is 0 Å². The largest absolute Gasteiger partial charge is 0.502 e. The van der Waals surface area contributed by atoms with Crippen LogP contribution in [0, 0.1) is 21.4 Å². The van der Waals surface area contributed by atoms with E-state index in [4.69, 9.17) is 11.0 Å². The van der Waals surface area contributed by atoms with Gasteiger partial charge >= 0.3 is 5.69 Å². The van der Waals surface area contributed by atoms with Crippen molar-refractivity contribution >= 4 is 18.1 Å². The van der Waals surface area contributed by atoms with Crippen LogP contribution in [0.25, 0.3) is 0 Å². The van der Waals surface area contributed by atoms with Crippen LogP contribution in [0.15, 0.2) is 12.1 Å². The van der Waals surface area contributed by atoms with Gasteiger partial charge in [-0.05, 0) is 6.07 Å². The average molecular weight is 262 g/mol. The van der Waals surface area contributed by atoms with Gasteiger partial charge in [0.05, 0.1) is 22.6 Å². The fourth-order valence-corrected chi connectivity index (χ4v) is 1.21. The van der Waals surface area contributed by atoms with Crippen molar-refractivity contribution in [1.82, 2.24) is 0 Å². The maximum Gasteiger partial charge on any atom is 0.312 e. The predicted octanol–water partition coefficient (Wildman–Crippen LogP) is 1.56. The molecule has 0 bridgehead atoms. The van der Waals surface area contributed by atoms with Gasteiger partial charge in [0, 0.05) is 11.6 Å². The molecule has 1 aromatic rings. The summed E-state index contributed by atoms with van der Waals surface area (Å²) in [6, 6.07) is 2.53. The van der Waals surface area contributed by atoms with Crippen molar-refractivity contribution in [2.75, 3.05) is 6.67 Å². The molecule has 0 spiro atoms. The summed E-state index contributed by atoms with van der Waals surface area (Å²) in [5, 5.41) is 28.7. The fourth-order valence-electron chi connectivity index (χ4n) is 1.21. The number of aromatic hydroxyl groups is 1. The number of rotatable bonds is 3. The molecule has 0 unspecified atom stereocenters. The first kappa shape index (κ1) is 15.1. The molecule has 0 radical (unpaired) electrons. The predicted molar refractivity (Wildman–Crippen MR) is 59.6 cm³/mol. The van der Waals surface area contributed by atoms with Crippen molar-refractivity contribution < 1.29 is 14.4 Å². The highest BCUT2D eigenvalue weighted by molar-refractivity contribution is 5.85. The number of hydrogen-bond acceptors (Lipinski definition) is 5. The Bertz CT molecular complexity index is 475. The summed E-state index contributed by atoms with van der Waals surface area (Å²) in [6.45, 7) is -0.987. The van der Waals surface area contributed by atoms with Crippen LogP contribution in [-0.2, 0) is 0 Å². The molecule has 0 heterocycles. The number of nitriles is 1. The molecular formula is C9H9ClFN3O3. The molecule has 6 nitrogen and oxygen atoms in total. The van der Waals surface area contributed by atoms with Gasteiger partial charge in [0.15, 0.2) is 5.75 Å². The van der Waals surface area contributed by atoms with Crippen LogP contribution in [0.3, 0.4) is 0 Å². The van der Waals surface area contributed by atoms with Crippen LogP contribution >= 0.6 is 12.4 Å². The summed E-state index contributed by atoms with van der Waals surface area (Å²) < 4.78 is 12.3. The van der Waals surface area contributed by atoms with E-state index < -0.39 is 29.1 Å². The summed E-state index contributed by atoms with van der Waals surface area (Å²) >= 11 is 0. The molecule has 0 aliphatic rings. The van der Waals surface area contributed by atoms with E-state index in [0.717, 1.165) is 12.1 Å². The first-order valence-electron chi connectivity index (χ1n) is 4.24. The van der Waals surface area contributed by atoms with Crippen LogP contribution in [0.4, 0.5) is 10.1 Å². The second kappa shape index (κ2) is 5.98. The zero-order valence-corrected chi connectivity index (χ0v) is 9.28. The smallest absolute Gasteiger partial charge is 0.312 e. The van der Waals surface area contributed by atoms with E-state index in [1.54, 1.807) is 6.07 Å². The minimum atomic E-state index is -1.19. The van der Waals surface area contributed by atoms with E-state index in [0.29, 0.717) is 0 Å². The summed E-state index contributed by atoms with van der Waals surface area (Å²) in [4.78, 5) is 9.70. The van der Waals surface area contributed by atoms with Crippen LogP contribution in [0.5, 0.6) is 5.75 Å². The number of phenolic OH excluding ortho intramolecular Hbond substituents is 1. The third-order valence-electron chi connectivity index (χ3n) is 2.01. The van der Waals surface area contributed by atoms with Crippen LogP contribution in [-0.4, -0.2) is 16.7 Å². The van der Waals surface area contributed by atoms with Gasteiger partial charge in [-0.3, -0.25) is 10.1 Å². The highest BCUT2D eigenvalue weighted by Gasteiger charge is 2.22. The molecule has 1 aromatic carbocycles. The van der Waals surface area contributed by atoms with Gasteiger partial charge in [0.2, 0.25) is 0 Å². The molecular weight excluding hydrogens is 253 g/mol. The first-order chi connectivity index (χ1) is 7.51. The van der Waals surface area contributed by atoms with E-state index in [1.807, 2.05) is 0 Å². The van der Waals surface area contributed by atoms with Crippen molar-refractivity contribution in [2.45, 2.75) is 6.04 Å². The number of nitro groups is 1. The van der Waals surface area contributed by atoms with Crippen molar-refractivity contribution in [1.29, 1.82) is 5.26 Å². The van der Waals surface area contributed by atoms with E-state index >= 15 is 0 Å². The van der Waals surface area contributed by atoms with Gasteiger partial charge in [-0.2, -0.15) is 5.26 Å². The second-order valence-corrected chi connectivity index (χ2v) is 3.06. The van der Waals surface area contributed by atoms with Crippen molar-refractivity contribution in [3.63, 3.8) is 0 Å². The Kier molecular flexibility index (Phi) is 5.31. The zero-order chi connectivity index (χ0) is 12.3. The third-order valence-corrected chi connectivity index (χ3v) is 2.01. The van der Waals surface area contributed by atoms with E-state index in [9.17, 15) is 19.6 Å². The van der Waals surface area contributed by atoms with E-state index in [2.05, 4.69) is 0 Å². The molecule has 1 atom stereocenters. The standard InChI is InChI=1S/C9H8FN3O3.ClH/c10-3-7(12)6-1-5(4-11)2-8(9(6)14)13(15)16;/h1-2,7,14H,3,12H2;1H/t7-;/m1./s1. The van der Waals surface area contributed by atoms with Crippen molar-refractivity contribution in [3.05, 3.63) is 33.4 Å². The third kappa shape index (κ3) is 3.03. The van der Waals surface area contributed by atoms with E-state index in [-0.39, 0.29) is 23.5 Å². The molecule has 0 saturated carbocycles. The van der Waals surface area contributed by atoms with Gasteiger partial charge in [0.25, 0.3) is 0 Å². The molecule has 92 valence electrons. The lowest BCUT2D eigenvalue weighted by Gasteiger charge is -2.10. The Labute approximate surface area is 102 Å². The SMILES string of the molecule is Cl.N#Cc1cc([C@H](N)CF)c(O)c([N+](=O)[O-])c1. The number of alkyl halides is 1. The molecule has 0 aliphatic carbocycles. The number of halogens is 2. The van der Waals surface area contributed by atoms with Crippen LogP contribution < -0.4 is 5.73 Å². The van der Waals surface area contributed by atoms with Gasteiger partial charge in [-0.25, -0.2) is 4.39 Å². The number of phenols is 1. The van der Waals surface area contributed by atoms with Crippen LogP contribution in [0.2, 0.25) is 0 Å². The summed E-state index contributed by atoms with van der Waals surface area (Å²) in [5.41, 5.74) is 4.47. The minimum Gasteiger partial charge on any atom is -0.502 e. The Hall–Kier alpha value is -1.91. The van der Waals surface area contributed by atoms with Crippen molar-refractivity contribution in [3.8, 4) is 11.8 Å². The lowest BCUT2D eigenvalue weighted by atomic mass is 10.0. The fraction of sp³-hybridized carbons (Fsp3) is 0.222. The first-order valence-corrected chi connectivity index (χ1v) is 4.24. The molecule has 8 heteroatoms.